The van der Waals surface area contributed by atoms with Crippen LogP contribution < -0.4 is 10.6 Å². The largest absolute Gasteiger partial charge is 0.371 e. The van der Waals surface area contributed by atoms with Gasteiger partial charge in [-0.05, 0) is 37.3 Å². The maximum absolute atomic E-state index is 5.83. The van der Waals surface area contributed by atoms with Crippen LogP contribution >= 0.6 is 0 Å². The van der Waals surface area contributed by atoms with E-state index < -0.39 is 0 Å². The molecule has 1 saturated heterocycles. The van der Waals surface area contributed by atoms with Gasteiger partial charge < -0.3 is 10.6 Å². The van der Waals surface area contributed by atoms with Gasteiger partial charge in [0, 0.05) is 25.3 Å². The fourth-order valence-electron chi connectivity index (χ4n) is 2.44. The quantitative estimate of drug-likeness (QED) is 0.827. The highest BCUT2D eigenvalue weighted by atomic mass is 15.1. The summed E-state index contributed by atoms with van der Waals surface area (Å²) in [6.45, 7) is 7.47. The van der Waals surface area contributed by atoms with Gasteiger partial charge in [0.15, 0.2) is 0 Å². The standard InChI is InChI=1S/C14H22N2/c1-11-5-7-16(8-6-11)14-4-3-12(2)9-13(14)10-15/h3-4,9,11H,5-8,10,15H2,1-2H3. The molecule has 0 spiro atoms. The van der Waals surface area contributed by atoms with E-state index in [1.807, 2.05) is 0 Å². The molecule has 1 aromatic rings. The van der Waals surface area contributed by atoms with Crippen molar-refractivity contribution in [2.24, 2.45) is 11.7 Å². The number of aryl methyl sites for hydroxylation is 1. The van der Waals surface area contributed by atoms with Crippen molar-refractivity contribution in [3.8, 4) is 0 Å². The van der Waals surface area contributed by atoms with Crippen LogP contribution in [0.4, 0.5) is 5.69 Å². The van der Waals surface area contributed by atoms with Crippen LogP contribution in [0.15, 0.2) is 18.2 Å². The van der Waals surface area contributed by atoms with E-state index in [1.165, 1.54) is 42.7 Å². The van der Waals surface area contributed by atoms with Gasteiger partial charge >= 0.3 is 0 Å². The van der Waals surface area contributed by atoms with Crippen LogP contribution in [-0.4, -0.2) is 13.1 Å². The highest BCUT2D eigenvalue weighted by Crippen LogP contribution is 2.26. The first kappa shape index (κ1) is 11.5. The molecule has 0 radical (unpaired) electrons. The molecule has 2 N–H and O–H groups in total. The molecule has 0 aliphatic carbocycles. The van der Waals surface area contributed by atoms with Crippen LogP contribution in [0.3, 0.4) is 0 Å². The molecule has 1 heterocycles. The number of rotatable bonds is 2. The van der Waals surface area contributed by atoms with E-state index in [0.29, 0.717) is 6.54 Å². The first-order valence-electron chi connectivity index (χ1n) is 6.25. The van der Waals surface area contributed by atoms with E-state index in [2.05, 4.69) is 36.9 Å². The molecule has 1 fully saturated rings. The number of anilines is 1. The second kappa shape index (κ2) is 4.88. The van der Waals surface area contributed by atoms with E-state index in [0.717, 1.165) is 5.92 Å². The summed E-state index contributed by atoms with van der Waals surface area (Å²) in [6, 6.07) is 6.63. The summed E-state index contributed by atoms with van der Waals surface area (Å²) in [7, 11) is 0. The number of hydrogen-bond acceptors (Lipinski definition) is 2. The Balaban J connectivity index is 2.19. The fourth-order valence-corrected chi connectivity index (χ4v) is 2.44. The number of nitrogens with two attached hydrogens (primary N) is 1. The summed E-state index contributed by atoms with van der Waals surface area (Å²) in [5.74, 6) is 0.878. The Hall–Kier alpha value is -1.02. The Morgan fingerprint density at radius 3 is 2.62 bits per heavy atom. The third-order valence-electron chi connectivity index (χ3n) is 3.58. The van der Waals surface area contributed by atoms with Crippen molar-refractivity contribution < 1.29 is 0 Å². The Labute approximate surface area is 98.4 Å². The Bertz CT molecular complexity index is 352. The molecule has 16 heavy (non-hydrogen) atoms. The number of hydrogen-bond donors (Lipinski definition) is 1. The predicted octanol–water partition coefficient (Wildman–Crippen LogP) is 2.69. The molecule has 1 aromatic carbocycles. The lowest BCUT2D eigenvalue weighted by atomic mass is 9.97. The third kappa shape index (κ3) is 2.38. The summed E-state index contributed by atoms with van der Waals surface area (Å²) in [5, 5.41) is 0. The Morgan fingerprint density at radius 2 is 2.00 bits per heavy atom. The zero-order valence-corrected chi connectivity index (χ0v) is 10.4. The lowest BCUT2D eigenvalue weighted by Gasteiger charge is -2.33. The zero-order chi connectivity index (χ0) is 11.5. The summed E-state index contributed by atoms with van der Waals surface area (Å²) >= 11 is 0. The SMILES string of the molecule is Cc1ccc(N2CCC(C)CC2)c(CN)c1. The second-order valence-corrected chi connectivity index (χ2v) is 5.01. The Morgan fingerprint density at radius 1 is 1.31 bits per heavy atom. The van der Waals surface area contributed by atoms with Gasteiger partial charge in [-0.1, -0.05) is 24.6 Å². The highest BCUT2D eigenvalue weighted by molar-refractivity contribution is 5.55. The Kier molecular flexibility index (Phi) is 3.49. The molecular weight excluding hydrogens is 196 g/mol. The second-order valence-electron chi connectivity index (χ2n) is 5.01. The zero-order valence-electron chi connectivity index (χ0n) is 10.4. The summed E-state index contributed by atoms with van der Waals surface area (Å²) in [5.41, 5.74) is 9.76. The van der Waals surface area contributed by atoms with Crippen LogP contribution in [0.5, 0.6) is 0 Å². The maximum atomic E-state index is 5.83. The average Bonchev–Trinajstić information content (AvgIpc) is 2.30. The number of piperidine rings is 1. The van der Waals surface area contributed by atoms with E-state index >= 15 is 0 Å². The van der Waals surface area contributed by atoms with Gasteiger partial charge in [0.2, 0.25) is 0 Å². The van der Waals surface area contributed by atoms with E-state index in [4.69, 9.17) is 5.73 Å². The van der Waals surface area contributed by atoms with Crippen molar-refractivity contribution in [1.82, 2.24) is 0 Å². The molecule has 1 aliphatic rings. The van der Waals surface area contributed by atoms with Gasteiger partial charge in [0.25, 0.3) is 0 Å². The smallest absolute Gasteiger partial charge is 0.0411 e. The van der Waals surface area contributed by atoms with Gasteiger partial charge in [-0.15, -0.1) is 0 Å². The van der Waals surface area contributed by atoms with Crippen LogP contribution in [0.1, 0.15) is 30.9 Å². The topological polar surface area (TPSA) is 29.3 Å². The van der Waals surface area contributed by atoms with Gasteiger partial charge in [-0.2, -0.15) is 0 Å². The molecular formula is C14H22N2. The highest BCUT2D eigenvalue weighted by Gasteiger charge is 2.17. The van der Waals surface area contributed by atoms with Gasteiger partial charge in [-0.3, -0.25) is 0 Å². The van der Waals surface area contributed by atoms with Gasteiger partial charge in [0.1, 0.15) is 0 Å². The van der Waals surface area contributed by atoms with Crippen molar-refractivity contribution >= 4 is 5.69 Å². The van der Waals surface area contributed by atoms with Crippen molar-refractivity contribution in [1.29, 1.82) is 0 Å². The molecule has 88 valence electrons. The normalized spacial score (nSPS) is 17.8. The predicted molar refractivity (Wildman–Crippen MR) is 69.7 cm³/mol. The van der Waals surface area contributed by atoms with Gasteiger partial charge in [0.05, 0.1) is 0 Å². The molecule has 0 unspecified atom stereocenters. The van der Waals surface area contributed by atoms with Crippen LogP contribution in [0, 0.1) is 12.8 Å². The van der Waals surface area contributed by atoms with E-state index in [9.17, 15) is 0 Å². The van der Waals surface area contributed by atoms with Crippen LogP contribution in [-0.2, 0) is 6.54 Å². The van der Waals surface area contributed by atoms with Crippen molar-refractivity contribution in [3.05, 3.63) is 29.3 Å². The molecule has 0 aromatic heterocycles. The number of nitrogens with zero attached hydrogens (tertiary/aromatic N) is 1. The first-order chi connectivity index (χ1) is 7.70. The lowest BCUT2D eigenvalue weighted by Crippen LogP contribution is -2.33. The average molecular weight is 218 g/mol. The minimum atomic E-state index is 0.642. The molecule has 0 bridgehead atoms. The molecule has 2 rings (SSSR count). The molecule has 1 aliphatic heterocycles. The van der Waals surface area contributed by atoms with Gasteiger partial charge in [-0.25, -0.2) is 0 Å². The molecule has 0 amide bonds. The van der Waals surface area contributed by atoms with E-state index in [1.54, 1.807) is 0 Å². The fraction of sp³-hybridized carbons (Fsp3) is 0.571. The van der Waals surface area contributed by atoms with Crippen molar-refractivity contribution in [3.63, 3.8) is 0 Å². The lowest BCUT2D eigenvalue weighted by molar-refractivity contribution is 0.438. The van der Waals surface area contributed by atoms with Crippen molar-refractivity contribution in [2.45, 2.75) is 33.2 Å². The monoisotopic (exact) mass is 218 g/mol. The maximum Gasteiger partial charge on any atom is 0.0411 e. The van der Waals surface area contributed by atoms with Crippen molar-refractivity contribution in [2.75, 3.05) is 18.0 Å². The summed E-state index contributed by atoms with van der Waals surface area (Å²) in [6.07, 6.45) is 2.61. The summed E-state index contributed by atoms with van der Waals surface area (Å²) < 4.78 is 0. The minimum Gasteiger partial charge on any atom is -0.371 e. The molecule has 2 nitrogen and oxygen atoms in total. The molecule has 0 atom stereocenters. The minimum absolute atomic E-state index is 0.642. The van der Waals surface area contributed by atoms with Crippen LogP contribution in [0.25, 0.3) is 0 Å². The summed E-state index contributed by atoms with van der Waals surface area (Å²) in [4.78, 5) is 2.49. The third-order valence-corrected chi connectivity index (χ3v) is 3.58. The van der Waals surface area contributed by atoms with E-state index in [-0.39, 0.29) is 0 Å². The number of benzene rings is 1. The van der Waals surface area contributed by atoms with Crippen LogP contribution in [0.2, 0.25) is 0 Å². The molecule has 2 heteroatoms. The molecule has 0 saturated carbocycles. The first-order valence-corrected chi connectivity index (χ1v) is 6.25.